The fraction of sp³-hybridized carbons (Fsp3) is 0.172. The van der Waals surface area contributed by atoms with Crippen molar-refractivity contribution in [1.82, 2.24) is 9.38 Å². The van der Waals surface area contributed by atoms with Crippen molar-refractivity contribution in [3.63, 3.8) is 0 Å². The number of para-hydroxylation sites is 2. The quantitative estimate of drug-likeness (QED) is 0.325. The van der Waals surface area contributed by atoms with Gasteiger partial charge < -0.3 is 14.6 Å². The Labute approximate surface area is 203 Å². The summed E-state index contributed by atoms with van der Waals surface area (Å²) in [5, 5.41) is 20.2. The van der Waals surface area contributed by atoms with Crippen molar-refractivity contribution >= 4 is 16.7 Å². The number of imidazole rings is 1. The highest BCUT2D eigenvalue weighted by molar-refractivity contribution is 5.82. The Hall–Kier alpha value is -4.02. The van der Waals surface area contributed by atoms with E-state index in [2.05, 4.69) is 11.1 Å². The van der Waals surface area contributed by atoms with Crippen LogP contribution < -0.4 is 0 Å². The molecule has 6 heteroatoms. The lowest BCUT2D eigenvalue weighted by atomic mass is 10.0. The second-order valence-corrected chi connectivity index (χ2v) is 8.33. The van der Waals surface area contributed by atoms with E-state index in [-0.39, 0.29) is 6.61 Å². The molecule has 0 aliphatic rings. The molecule has 0 aliphatic heterocycles. The van der Waals surface area contributed by atoms with Gasteiger partial charge in [0.1, 0.15) is 18.3 Å². The summed E-state index contributed by atoms with van der Waals surface area (Å²) in [5.74, 6) is 0. The topological polar surface area (TPSA) is 79.8 Å². The third kappa shape index (κ3) is 4.93. The smallest absolute Gasteiger partial charge is 0.155 e. The minimum absolute atomic E-state index is 0.239. The maximum Gasteiger partial charge on any atom is 0.155 e. The standard InChI is InChI=1S/C29H25N3O3/c30-16-23-15-24(17-32-26-14-8-7-13-25(26)31-29(23)32)28(35-20-22-11-5-2-6-12-22)27(18-33)34-19-21-9-3-1-4-10-21/h1-15,17,27-28,33H,18-20H2/t27-,28-/m1/s1. The highest BCUT2D eigenvalue weighted by atomic mass is 16.5. The number of aliphatic hydroxyl groups excluding tert-OH is 1. The number of pyridine rings is 1. The second kappa shape index (κ2) is 10.5. The van der Waals surface area contributed by atoms with E-state index in [1.54, 1.807) is 6.07 Å². The number of nitrogens with zero attached hydrogens (tertiary/aromatic N) is 3. The predicted molar refractivity (Wildman–Crippen MR) is 133 cm³/mol. The Morgan fingerprint density at radius 2 is 1.49 bits per heavy atom. The maximum atomic E-state index is 10.3. The summed E-state index contributed by atoms with van der Waals surface area (Å²) in [4.78, 5) is 4.64. The zero-order chi connectivity index (χ0) is 24.0. The molecule has 0 saturated heterocycles. The molecule has 0 amide bonds. The Balaban J connectivity index is 1.54. The minimum Gasteiger partial charge on any atom is -0.394 e. The molecule has 35 heavy (non-hydrogen) atoms. The summed E-state index contributed by atoms with van der Waals surface area (Å²) in [6.07, 6.45) is 0.676. The number of fused-ring (bicyclic) bond motifs is 3. The first-order chi connectivity index (χ1) is 17.3. The molecule has 0 fully saturated rings. The molecule has 1 N–H and O–H groups in total. The van der Waals surface area contributed by atoms with Crippen LogP contribution in [0.3, 0.4) is 0 Å². The van der Waals surface area contributed by atoms with Gasteiger partial charge in [0.25, 0.3) is 0 Å². The normalized spacial score (nSPS) is 13.0. The van der Waals surface area contributed by atoms with Crippen LogP contribution in [0.1, 0.15) is 28.4 Å². The Bertz CT molecular complexity index is 1460. The Morgan fingerprint density at radius 3 is 2.14 bits per heavy atom. The van der Waals surface area contributed by atoms with Gasteiger partial charge in [-0.25, -0.2) is 4.98 Å². The minimum atomic E-state index is -0.641. The van der Waals surface area contributed by atoms with Crippen molar-refractivity contribution in [2.45, 2.75) is 25.4 Å². The van der Waals surface area contributed by atoms with Crippen LogP contribution in [0.25, 0.3) is 16.7 Å². The molecule has 0 saturated carbocycles. The third-order valence-electron chi connectivity index (χ3n) is 5.97. The number of hydrogen-bond acceptors (Lipinski definition) is 5. The van der Waals surface area contributed by atoms with Gasteiger partial charge in [-0.3, -0.25) is 4.40 Å². The number of aromatic nitrogens is 2. The van der Waals surface area contributed by atoms with Crippen LogP contribution in [0.5, 0.6) is 0 Å². The first kappa shape index (κ1) is 22.8. The number of hydrogen-bond donors (Lipinski definition) is 1. The molecule has 0 unspecified atom stereocenters. The highest BCUT2D eigenvalue weighted by Gasteiger charge is 2.27. The fourth-order valence-corrected chi connectivity index (χ4v) is 4.21. The molecule has 174 valence electrons. The molecule has 0 radical (unpaired) electrons. The van der Waals surface area contributed by atoms with Crippen LogP contribution in [-0.2, 0) is 22.7 Å². The summed E-state index contributed by atoms with van der Waals surface area (Å²) in [5.41, 5.74) is 5.47. The summed E-state index contributed by atoms with van der Waals surface area (Å²) in [7, 11) is 0. The van der Waals surface area contributed by atoms with Crippen molar-refractivity contribution in [1.29, 1.82) is 5.26 Å². The SMILES string of the molecule is N#Cc1cc([C@@H](OCc2ccccc2)[C@@H](CO)OCc2ccccc2)cn2c1nc1ccccc12. The van der Waals surface area contributed by atoms with Gasteiger partial charge in [-0.2, -0.15) is 5.26 Å². The number of benzene rings is 3. The van der Waals surface area contributed by atoms with Crippen molar-refractivity contribution in [2.75, 3.05) is 6.61 Å². The maximum absolute atomic E-state index is 10.3. The molecule has 0 bridgehead atoms. The van der Waals surface area contributed by atoms with Crippen molar-refractivity contribution in [2.24, 2.45) is 0 Å². The number of ether oxygens (including phenoxy) is 2. The molecular formula is C29H25N3O3. The number of aliphatic hydroxyl groups is 1. The van der Waals surface area contributed by atoms with Crippen LogP contribution in [0, 0.1) is 11.3 Å². The van der Waals surface area contributed by atoms with E-state index in [0.717, 1.165) is 27.7 Å². The van der Waals surface area contributed by atoms with Crippen molar-refractivity contribution in [3.05, 3.63) is 119 Å². The van der Waals surface area contributed by atoms with Gasteiger partial charge in [0.05, 0.1) is 36.4 Å². The van der Waals surface area contributed by atoms with Gasteiger partial charge in [-0.15, -0.1) is 0 Å². The van der Waals surface area contributed by atoms with E-state index >= 15 is 0 Å². The first-order valence-electron chi connectivity index (χ1n) is 11.5. The van der Waals surface area contributed by atoms with E-state index in [9.17, 15) is 10.4 Å². The molecule has 2 aromatic heterocycles. The molecule has 5 aromatic rings. The lowest BCUT2D eigenvalue weighted by molar-refractivity contribution is -0.106. The number of rotatable bonds is 9. The summed E-state index contributed by atoms with van der Waals surface area (Å²) in [6.45, 7) is 0.427. The average Bonchev–Trinajstić information content (AvgIpc) is 3.30. The molecule has 0 aliphatic carbocycles. The molecular weight excluding hydrogens is 438 g/mol. The Morgan fingerprint density at radius 1 is 0.857 bits per heavy atom. The van der Waals surface area contributed by atoms with E-state index in [4.69, 9.17) is 9.47 Å². The van der Waals surface area contributed by atoms with Crippen molar-refractivity contribution < 1.29 is 14.6 Å². The summed E-state index contributed by atoms with van der Waals surface area (Å²) in [6, 6.07) is 31.5. The predicted octanol–water partition coefficient (Wildman–Crippen LogP) is 5.19. The van der Waals surface area contributed by atoms with Crippen LogP contribution >= 0.6 is 0 Å². The van der Waals surface area contributed by atoms with E-state index < -0.39 is 12.2 Å². The van der Waals surface area contributed by atoms with Crippen LogP contribution in [0.2, 0.25) is 0 Å². The molecule has 2 heterocycles. The fourth-order valence-electron chi connectivity index (χ4n) is 4.21. The number of nitriles is 1. The van der Waals surface area contributed by atoms with Gasteiger partial charge in [-0.1, -0.05) is 72.8 Å². The zero-order valence-electron chi connectivity index (χ0n) is 19.1. The van der Waals surface area contributed by atoms with Crippen molar-refractivity contribution in [3.8, 4) is 6.07 Å². The monoisotopic (exact) mass is 463 g/mol. The van der Waals surface area contributed by atoms with Crippen LogP contribution in [0.15, 0.2) is 97.2 Å². The molecule has 6 nitrogen and oxygen atoms in total. The molecule has 0 spiro atoms. The van der Waals surface area contributed by atoms with Gasteiger partial charge in [0.15, 0.2) is 5.65 Å². The van der Waals surface area contributed by atoms with E-state index in [1.165, 1.54) is 0 Å². The van der Waals surface area contributed by atoms with E-state index in [1.807, 2.05) is 95.5 Å². The van der Waals surface area contributed by atoms with Gasteiger partial charge in [0, 0.05) is 11.8 Å². The molecule has 5 rings (SSSR count). The molecule has 2 atom stereocenters. The molecule has 3 aromatic carbocycles. The second-order valence-electron chi connectivity index (χ2n) is 8.33. The third-order valence-corrected chi connectivity index (χ3v) is 5.97. The van der Waals surface area contributed by atoms with Gasteiger partial charge in [-0.05, 0) is 29.3 Å². The Kier molecular flexibility index (Phi) is 6.82. The van der Waals surface area contributed by atoms with Crippen LogP contribution in [-0.4, -0.2) is 27.2 Å². The van der Waals surface area contributed by atoms with Crippen LogP contribution in [0.4, 0.5) is 0 Å². The van der Waals surface area contributed by atoms with E-state index in [0.29, 0.717) is 24.4 Å². The van der Waals surface area contributed by atoms with Gasteiger partial charge in [0.2, 0.25) is 0 Å². The highest BCUT2D eigenvalue weighted by Crippen LogP contribution is 2.29. The largest absolute Gasteiger partial charge is 0.394 e. The zero-order valence-corrected chi connectivity index (χ0v) is 19.1. The summed E-state index contributed by atoms with van der Waals surface area (Å²) >= 11 is 0. The first-order valence-corrected chi connectivity index (χ1v) is 11.5. The summed E-state index contributed by atoms with van der Waals surface area (Å²) < 4.78 is 14.4. The average molecular weight is 464 g/mol. The lowest BCUT2D eigenvalue weighted by Crippen LogP contribution is -2.28. The lowest BCUT2D eigenvalue weighted by Gasteiger charge is -2.27. The van der Waals surface area contributed by atoms with Gasteiger partial charge >= 0.3 is 0 Å².